The van der Waals surface area contributed by atoms with Crippen LogP contribution in [0.2, 0.25) is 5.02 Å². The van der Waals surface area contributed by atoms with Crippen LogP contribution in [0.4, 0.5) is 11.4 Å². The van der Waals surface area contributed by atoms with Gasteiger partial charge in [-0.05, 0) is 60.8 Å². The number of methoxy groups -OCH3 is 1. The van der Waals surface area contributed by atoms with Gasteiger partial charge in [0.15, 0.2) is 0 Å². The van der Waals surface area contributed by atoms with Gasteiger partial charge in [0.1, 0.15) is 5.02 Å². The first-order chi connectivity index (χ1) is 19.4. The van der Waals surface area contributed by atoms with Crippen LogP contribution in [0.1, 0.15) is 27.9 Å². The highest BCUT2D eigenvalue weighted by Gasteiger charge is 2.18. The molecule has 1 amide bonds. The molecule has 1 saturated heterocycles. The Bertz CT molecular complexity index is 1550. The summed E-state index contributed by atoms with van der Waals surface area (Å²) in [5.74, 6) is 0.318. The minimum absolute atomic E-state index is 0.174. The van der Waals surface area contributed by atoms with Crippen molar-refractivity contribution in [2.75, 3.05) is 43.5 Å². The number of carbonyl (C=O) groups excluding carboxylic acids is 1. The number of halogens is 1. The maximum absolute atomic E-state index is 13.1. The molecule has 3 heterocycles. The Hall–Kier alpha value is -4.21. The minimum Gasteiger partial charge on any atom is -0.481 e. The molecule has 2 aromatic heterocycles. The molecule has 2 aromatic carbocycles. The number of anilines is 2. The van der Waals surface area contributed by atoms with E-state index >= 15 is 0 Å². The Balaban J connectivity index is 1.30. The van der Waals surface area contributed by atoms with E-state index < -0.39 is 0 Å². The molecule has 0 spiro atoms. The van der Waals surface area contributed by atoms with Gasteiger partial charge >= 0.3 is 0 Å². The van der Waals surface area contributed by atoms with Gasteiger partial charge in [0.05, 0.1) is 25.5 Å². The SMILES string of the molecule is COc1ccc(-c2ccc(C(=O)Nc3cccc(Cn4ncc(N5CCCNCC5)c(Cl)c4=O)c3C)cc2)cn1. The Labute approximate surface area is 237 Å². The number of nitrogens with one attached hydrogen (secondary N) is 2. The lowest BCUT2D eigenvalue weighted by Crippen LogP contribution is -2.32. The van der Waals surface area contributed by atoms with Crippen LogP contribution in [-0.2, 0) is 6.54 Å². The van der Waals surface area contributed by atoms with E-state index in [9.17, 15) is 9.59 Å². The normalized spacial score (nSPS) is 13.5. The van der Waals surface area contributed by atoms with Crippen molar-refractivity contribution in [2.24, 2.45) is 0 Å². The fourth-order valence-electron chi connectivity index (χ4n) is 4.71. The smallest absolute Gasteiger partial charge is 0.287 e. The molecular formula is C30H31ClN6O3. The molecule has 1 aliphatic heterocycles. The standard InChI is InChI=1S/C30H31ClN6O3/c1-20-24(19-37-30(39)28(31)26(18-34-37)36-15-4-13-32-14-16-36)5-3-6-25(20)35-29(38)22-9-7-21(8-10-22)23-11-12-27(40-2)33-17-23/h3,5-12,17-18,32H,4,13-16,19H2,1-2H3,(H,35,38). The number of carbonyl (C=O) groups is 1. The number of hydrogen-bond acceptors (Lipinski definition) is 7. The van der Waals surface area contributed by atoms with Crippen molar-refractivity contribution in [2.45, 2.75) is 19.9 Å². The first-order valence-electron chi connectivity index (χ1n) is 13.2. The maximum atomic E-state index is 13.1. The predicted octanol–water partition coefficient (Wildman–Crippen LogP) is 4.38. The lowest BCUT2D eigenvalue weighted by molar-refractivity contribution is 0.102. The molecule has 40 heavy (non-hydrogen) atoms. The summed E-state index contributed by atoms with van der Waals surface area (Å²) in [5.41, 5.74) is 5.10. The Morgan fingerprint density at radius 2 is 1.85 bits per heavy atom. The zero-order chi connectivity index (χ0) is 28.1. The topological polar surface area (TPSA) is 101 Å². The van der Waals surface area contributed by atoms with Crippen molar-refractivity contribution in [1.82, 2.24) is 20.1 Å². The van der Waals surface area contributed by atoms with Gasteiger partial charge in [0.25, 0.3) is 11.5 Å². The largest absolute Gasteiger partial charge is 0.481 e. The molecule has 10 heteroatoms. The van der Waals surface area contributed by atoms with Crippen molar-refractivity contribution in [3.05, 3.63) is 99.1 Å². The molecule has 206 valence electrons. The fourth-order valence-corrected chi connectivity index (χ4v) is 4.97. The third-order valence-corrected chi connectivity index (χ3v) is 7.44. The van der Waals surface area contributed by atoms with E-state index in [4.69, 9.17) is 16.3 Å². The van der Waals surface area contributed by atoms with E-state index in [-0.39, 0.29) is 23.0 Å². The highest BCUT2D eigenvalue weighted by molar-refractivity contribution is 6.33. The zero-order valence-corrected chi connectivity index (χ0v) is 23.2. The first-order valence-corrected chi connectivity index (χ1v) is 13.5. The van der Waals surface area contributed by atoms with Crippen LogP contribution < -0.4 is 25.8 Å². The Morgan fingerprint density at radius 3 is 2.60 bits per heavy atom. The van der Waals surface area contributed by atoms with Gasteiger partial charge in [-0.25, -0.2) is 9.67 Å². The highest BCUT2D eigenvalue weighted by Crippen LogP contribution is 2.25. The lowest BCUT2D eigenvalue weighted by atomic mass is 10.0. The molecule has 0 unspecified atom stereocenters. The van der Waals surface area contributed by atoms with E-state index in [1.54, 1.807) is 37.7 Å². The zero-order valence-electron chi connectivity index (χ0n) is 22.5. The molecule has 1 fully saturated rings. The lowest BCUT2D eigenvalue weighted by Gasteiger charge is -2.23. The average molecular weight is 559 g/mol. The van der Waals surface area contributed by atoms with Gasteiger partial charge in [0, 0.05) is 48.7 Å². The van der Waals surface area contributed by atoms with Crippen molar-refractivity contribution < 1.29 is 9.53 Å². The highest BCUT2D eigenvalue weighted by atomic mass is 35.5. The van der Waals surface area contributed by atoms with Crippen LogP contribution >= 0.6 is 11.6 Å². The quantitative estimate of drug-likeness (QED) is 0.347. The van der Waals surface area contributed by atoms with Crippen LogP contribution in [0.5, 0.6) is 5.88 Å². The summed E-state index contributed by atoms with van der Waals surface area (Å²) in [6.45, 7) is 5.52. The van der Waals surface area contributed by atoms with Crippen LogP contribution in [0.3, 0.4) is 0 Å². The molecule has 4 aromatic rings. The summed E-state index contributed by atoms with van der Waals surface area (Å²) in [6.07, 6.45) is 4.37. The number of nitrogens with zero attached hydrogens (tertiary/aromatic N) is 4. The van der Waals surface area contributed by atoms with Gasteiger partial charge in [-0.2, -0.15) is 5.10 Å². The van der Waals surface area contributed by atoms with Gasteiger partial charge in [-0.1, -0.05) is 35.9 Å². The monoisotopic (exact) mass is 558 g/mol. The second-order valence-electron chi connectivity index (χ2n) is 9.61. The van der Waals surface area contributed by atoms with E-state index in [0.29, 0.717) is 22.8 Å². The van der Waals surface area contributed by atoms with Gasteiger partial charge in [-0.3, -0.25) is 9.59 Å². The summed E-state index contributed by atoms with van der Waals surface area (Å²) in [4.78, 5) is 32.5. The van der Waals surface area contributed by atoms with E-state index in [0.717, 1.165) is 54.9 Å². The number of benzene rings is 2. The van der Waals surface area contributed by atoms with Crippen molar-refractivity contribution >= 4 is 28.9 Å². The Morgan fingerprint density at radius 1 is 1.05 bits per heavy atom. The molecule has 0 radical (unpaired) electrons. The second-order valence-corrected chi connectivity index (χ2v) is 9.99. The molecule has 2 N–H and O–H groups in total. The minimum atomic E-state index is -0.336. The van der Waals surface area contributed by atoms with Crippen LogP contribution in [0.25, 0.3) is 11.1 Å². The van der Waals surface area contributed by atoms with Gasteiger partial charge in [-0.15, -0.1) is 0 Å². The molecule has 0 atom stereocenters. The first kappa shape index (κ1) is 27.4. The third kappa shape index (κ3) is 6.00. The molecule has 1 aliphatic rings. The van der Waals surface area contributed by atoms with E-state index in [1.165, 1.54) is 4.68 Å². The molecule has 0 aliphatic carbocycles. The third-order valence-electron chi connectivity index (χ3n) is 7.09. The van der Waals surface area contributed by atoms with Crippen LogP contribution in [-0.4, -0.2) is 54.0 Å². The fraction of sp³-hybridized carbons (Fsp3) is 0.267. The summed E-state index contributed by atoms with van der Waals surface area (Å²) in [6, 6.07) is 16.7. The van der Waals surface area contributed by atoms with Gasteiger partial charge in [0.2, 0.25) is 5.88 Å². The Kier molecular flexibility index (Phi) is 8.42. The number of aromatic nitrogens is 3. The molecule has 0 bridgehead atoms. The predicted molar refractivity (Wildman–Crippen MR) is 158 cm³/mol. The van der Waals surface area contributed by atoms with Crippen LogP contribution in [0, 0.1) is 6.92 Å². The molecule has 9 nitrogen and oxygen atoms in total. The van der Waals surface area contributed by atoms with Gasteiger partial charge < -0.3 is 20.3 Å². The van der Waals surface area contributed by atoms with Crippen molar-refractivity contribution in [3.63, 3.8) is 0 Å². The molecular weight excluding hydrogens is 528 g/mol. The maximum Gasteiger partial charge on any atom is 0.287 e. The summed E-state index contributed by atoms with van der Waals surface area (Å²) >= 11 is 6.52. The number of pyridine rings is 1. The van der Waals surface area contributed by atoms with Crippen LogP contribution in [0.15, 0.2) is 71.8 Å². The molecule has 0 saturated carbocycles. The summed E-state index contributed by atoms with van der Waals surface area (Å²) in [7, 11) is 1.58. The van der Waals surface area contributed by atoms with E-state index in [1.807, 2.05) is 43.3 Å². The second kappa shape index (κ2) is 12.3. The number of rotatable bonds is 7. The summed E-state index contributed by atoms with van der Waals surface area (Å²) in [5, 5.41) is 10.9. The van der Waals surface area contributed by atoms with Crippen molar-refractivity contribution in [3.8, 4) is 17.0 Å². The summed E-state index contributed by atoms with van der Waals surface area (Å²) < 4.78 is 6.48. The van der Waals surface area contributed by atoms with E-state index in [2.05, 4.69) is 25.6 Å². The van der Waals surface area contributed by atoms with Crippen molar-refractivity contribution in [1.29, 1.82) is 0 Å². The average Bonchev–Trinajstić information content (AvgIpc) is 3.27. The number of hydrogen-bond donors (Lipinski definition) is 2. The molecule has 5 rings (SSSR count). The number of ether oxygens (including phenoxy) is 1. The number of amides is 1.